The maximum atomic E-state index is 2.60. The van der Waals surface area contributed by atoms with Crippen LogP contribution in [0.5, 0.6) is 0 Å². The van der Waals surface area contributed by atoms with Gasteiger partial charge in [0, 0.05) is 0 Å². The summed E-state index contributed by atoms with van der Waals surface area (Å²) in [6.07, 6.45) is 4.92. The zero-order valence-electron chi connectivity index (χ0n) is 16.8. The minimum atomic E-state index is 0.520. The molecule has 3 nitrogen and oxygen atoms in total. The fourth-order valence-corrected chi connectivity index (χ4v) is 3.12. The molecule has 1 heterocycles. The van der Waals surface area contributed by atoms with Gasteiger partial charge in [0.25, 0.3) is 22.1 Å². The Labute approximate surface area is 148 Å². The number of hydrogen-bond donors (Lipinski definition) is 0. The summed E-state index contributed by atoms with van der Waals surface area (Å²) in [4.78, 5) is 0. The van der Waals surface area contributed by atoms with Crippen molar-refractivity contribution in [2.75, 3.05) is 19.6 Å². The van der Waals surface area contributed by atoms with Crippen LogP contribution >= 0.6 is 0 Å². The summed E-state index contributed by atoms with van der Waals surface area (Å²) in [6, 6.07) is 0. The van der Waals surface area contributed by atoms with Crippen LogP contribution in [0.4, 0.5) is 0 Å². The van der Waals surface area contributed by atoms with E-state index >= 15 is 0 Å². The van der Waals surface area contributed by atoms with Crippen molar-refractivity contribution in [1.29, 1.82) is 0 Å². The van der Waals surface area contributed by atoms with Crippen molar-refractivity contribution in [3.05, 3.63) is 0 Å². The van der Waals surface area contributed by atoms with Crippen LogP contribution in [0.1, 0.15) is 67.7 Å². The van der Waals surface area contributed by atoms with Gasteiger partial charge in [-0.2, -0.15) is 0 Å². The minimum absolute atomic E-state index is 0.520. The molecule has 2 radical (unpaired) electrons. The molecule has 1 aliphatic rings. The SMILES string of the molecule is CCB1N(CC(C)CC)[B]N(CC(C)CC)[B]N1CC(C)CC. The second-order valence-corrected chi connectivity index (χ2v) is 7.75. The summed E-state index contributed by atoms with van der Waals surface area (Å²) in [6.45, 7) is 20.3. The third-order valence-corrected chi connectivity index (χ3v) is 5.38. The zero-order chi connectivity index (χ0) is 17.4. The summed E-state index contributed by atoms with van der Waals surface area (Å²) in [5.41, 5.74) is 0. The van der Waals surface area contributed by atoms with E-state index in [9.17, 15) is 0 Å². The summed E-state index contributed by atoms with van der Waals surface area (Å²) in [5, 5.41) is 0. The average Bonchev–Trinajstić information content (AvgIpc) is 2.54. The molecule has 1 fully saturated rings. The Hall–Kier alpha value is 0.0748. The maximum Gasteiger partial charge on any atom is 0.290 e. The van der Waals surface area contributed by atoms with Gasteiger partial charge in [0.1, 0.15) is 0 Å². The lowest BCUT2D eigenvalue weighted by Crippen LogP contribution is -2.68. The van der Waals surface area contributed by atoms with Crippen LogP contribution in [-0.2, 0) is 0 Å². The Kier molecular flexibility index (Phi) is 9.95. The quantitative estimate of drug-likeness (QED) is 0.570. The van der Waals surface area contributed by atoms with Gasteiger partial charge in [0.15, 0.2) is 0 Å². The highest BCUT2D eigenvalue weighted by molar-refractivity contribution is 6.74. The van der Waals surface area contributed by atoms with Crippen LogP contribution < -0.4 is 0 Å². The third-order valence-electron chi connectivity index (χ3n) is 5.38. The van der Waals surface area contributed by atoms with Gasteiger partial charge in [0.05, 0.1) is 0 Å². The van der Waals surface area contributed by atoms with E-state index in [-0.39, 0.29) is 0 Å². The van der Waals surface area contributed by atoms with Crippen LogP contribution in [0.15, 0.2) is 0 Å². The molecule has 0 aromatic heterocycles. The molecule has 6 heteroatoms. The van der Waals surface area contributed by atoms with Crippen LogP contribution in [0.3, 0.4) is 0 Å². The van der Waals surface area contributed by atoms with Crippen molar-refractivity contribution in [2.45, 2.75) is 74.0 Å². The van der Waals surface area contributed by atoms with Crippen molar-refractivity contribution in [3.8, 4) is 0 Å². The van der Waals surface area contributed by atoms with E-state index in [2.05, 4.69) is 77.7 Å². The molecule has 1 aliphatic heterocycles. The van der Waals surface area contributed by atoms with E-state index < -0.39 is 0 Å². The second-order valence-electron chi connectivity index (χ2n) is 7.75. The van der Waals surface area contributed by atoms with Crippen LogP contribution in [0.2, 0.25) is 6.32 Å². The fourth-order valence-electron chi connectivity index (χ4n) is 3.12. The number of hydrogen-bond acceptors (Lipinski definition) is 3. The minimum Gasteiger partial charge on any atom is -0.365 e. The van der Waals surface area contributed by atoms with Crippen molar-refractivity contribution in [1.82, 2.24) is 14.2 Å². The zero-order valence-corrected chi connectivity index (χ0v) is 16.8. The monoisotopic (exact) mass is 317 g/mol. The predicted octanol–water partition coefficient (Wildman–Crippen LogP) is 3.62. The summed E-state index contributed by atoms with van der Waals surface area (Å²) in [5.74, 6) is 2.22. The molecule has 23 heavy (non-hydrogen) atoms. The molecule has 0 aliphatic carbocycles. The maximum absolute atomic E-state index is 2.60. The van der Waals surface area contributed by atoms with Crippen molar-refractivity contribution in [2.24, 2.45) is 17.8 Å². The van der Waals surface area contributed by atoms with Crippen LogP contribution in [0, 0.1) is 17.8 Å². The molecule has 0 aromatic rings. The van der Waals surface area contributed by atoms with Gasteiger partial charge < -0.3 is 14.2 Å². The average molecular weight is 317 g/mol. The van der Waals surface area contributed by atoms with E-state index in [1.54, 1.807) is 0 Å². The molecular formula is C17H38B3N3. The molecular weight excluding hydrogens is 279 g/mol. The first-order valence-electron chi connectivity index (χ1n) is 9.92. The Morgan fingerprint density at radius 1 is 0.696 bits per heavy atom. The first-order chi connectivity index (χ1) is 10.9. The predicted molar refractivity (Wildman–Crippen MR) is 106 cm³/mol. The molecule has 3 atom stereocenters. The van der Waals surface area contributed by atoms with Gasteiger partial charge in [-0.1, -0.05) is 67.7 Å². The van der Waals surface area contributed by atoms with Gasteiger partial charge in [-0.25, -0.2) is 0 Å². The lowest BCUT2D eigenvalue weighted by Gasteiger charge is -2.47. The Morgan fingerprint density at radius 2 is 1.09 bits per heavy atom. The molecule has 1 rings (SSSR count). The largest absolute Gasteiger partial charge is 0.365 e. The first-order valence-corrected chi connectivity index (χ1v) is 9.92. The molecule has 0 spiro atoms. The number of nitrogens with zero attached hydrogens (tertiary/aromatic N) is 3. The normalized spacial score (nSPS) is 21.6. The first kappa shape index (κ1) is 21.1. The van der Waals surface area contributed by atoms with Gasteiger partial charge in [0.2, 0.25) is 0 Å². The fraction of sp³-hybridized carbons (Fsp3) is 1.00. The van der Waals surface area contributed by atoms with E-state index in [0.717, 1.165) is 37.4 Å². The van der Waals surface area contributed by atoms with Gasteiger partial charge in [-0.3, -0.25) is 0 Å². The smallest absolute Gasteiger partial charge is 0.290 e. The Morgan fingerprint density at radius 3 is 1.43 bits per heavy atom. The van der Waals surface area contributed by atoms with E-state index in [4.69, 9.17) is 0 Å². The Balaban J connectivity index is 2.82. The summed E-state index contributed by atoms with van der Waals surface area (Å²) >= 11 is 0. The molecule has 0 aromatic carbocycles. The van der Waals surface area contributed by atoms with E-state index in [0.29, 0.717) is 6.98 Å². The second kappa shape index (κ2) is 10.8. The van der Waals surface area contributed by atoms with Crippen molar-refractivity contribution in [3.63, 3.8) is 0 Å². The molecule has 130 valence electrons. The topological polar surface area (TPSA) is 9.72 Å². The van der Waals surface area contributed by atoms with Gasteiger partial charge in [-0.15, -0.1) is 0 Å². The highest BCUT2D eigenvalue weighted by Gasteiger charge is 2.38. The molecule has 3 unspecified atom stereocenters. The van der Waals surface area contributed by atoms with Gasteiger partial charge >= 0.3 is 0 Å². The Bertz CT molecular complexity index is 297. The lowest BCUT2D eigenvalue weighted by atomic mass is 9.55. The van der Waals surface area contributed by atoms with Gasteiger partial charge in [-0.05, 0) is 43.7 Å². The highest BCUT2D eigenvalue weighted by atomic mass is 15.3. The molecule has 1 saturated heterocycles. The van der Waals surface area contributed by atoms with Crippen molar-refractivity contribution < 1.29 is 0 Å². The molecule has 0 amide bonds. The van der Waals surface area contributed by atoms with Crippen LogP contribution in [-0.4, -0.2) is 55.9 Å². The van der Waals surface area contributed by atoms with Crippen LogP contribution in [0.25, 0.3) is 0 Å². The third kappa shape index (κ3) is 6.84. The van der Waals surface area contributed by atoms with E-state index in [1.165, 1.54) is 25.6 Å². The highest BCUT2D eigenvalue weighted by Crippen LogP contribution is 2.19. The van der Waals surface area contributed by atoms with E-state index in [1.807, 2.05) is 0 Å². The lowest BCUT2D eigenvalue weighted by molar-refractivity contribution is 0.360. The number of rotatable bonds is 10. The summed E-state index contributed by atoms with van der Waals surface area (Å²) < 4.78 is 7.63. The standard InChI is InChI=1S/C17H38B3N3/c1-8-15(5)12-21-18-22(13-16(6)9-2)20(11-4)23(19-21)14-17(7)10-3/h15-17H,8-14H2,1-7H3. The molecule has 0 bridgehead atoms. The molecule has 0 saturated carbocycles. The molecule has 0 N–H and O–H groups in total. The van der Waals surface area contributed by atoms with Crippen molar-refractivity contribution >= 4 is 22.1 Å². The summed E-state index contributed by atoms with van der Waals surface area (Å²) in [7, 11) is 4.78.